The summed E-state index contributed by atoms with van der Waals surface area (Å²) < 4.78 is 27.9. The summed E-state index contributed by atoms with van der Waals surface area (Å²) in [5, 5.41) is 10.5. The number of phenolic OH excluding ortho intramolecular Hbond substituents is 1. The third-order valence-corrected chi connectivity index (χ3v) is 9.69. The summed E-state index contributed by atoms with van der Waals surface area (Å²) in [5.74, 6) is 0.710. The minimum Gasteiger partial charge on any atom is -0.502 e. The lowest BCUT2D eigenvalue weighted by molar-refractivity contribution is -0.141. The fourth-order valence-electron chi connectivity index (χ4n) is 5.23. The SMILES string of the molecule is COc1cc([C@@H]2c3cc4c(cc3[C@@H](SSc3cccnc3)[C@H]3COC(=O)[C@H]23)OCO4)cc(OC)c1O. The maximum absolute atomic E-state index is 13.2. The Labute approximate surface area is 215 Å². The van der Waals surface area contributed by atoms with Gasteiger partial charge in [0, 0.05) is 34.4 Å². The van der Waals surface area contributed by atoms with Crippen LogP contribution in [0.2, 0.25) is 0 Å². The van der Waals surface area contributed by atoms with Crippen LogP contribution < -0.4 is 18.9 Å². The first-order chi connectivity index (χ1) is 17.6. The number of aromatic nitrogens is 1. The fourth-order valence-corrected chi connectivity index (χ4v) is 8.06. The lowest BCUT2D eigenvalue weighted by atomic mass is 9.67. The summed E-state index contributed by atoms with van der Waals surface area (Å²) in [6.07, 6.45) is 3.57. The first-order valence-corrected chi connectivity index (χ1v) is 13.6. The summed E-state index contributed by atoms with van der Waals surface area (Å²) in [6.45, 7) is 0.479. The van der Waals surface area contributed by atoms with E-state index < -0.39 is 5.92 Å². The highest BCUT2D eigenvalue weighted by Gasteiger charge is 2.53. The largest absolute Gasteiger partial charge is 0.502 e. The van der Waals surface area contributed by atoms with Crippen molar-refractivity contribution < 1.29 is 33.6 Å². The standard InChI is InChI=1S/C26H23NO7S2/c1-30-20-6-13(7-21(31-2)24(20)28)22-15-8-18-19(34-12-33-18)9-16(15)25(17-11-32-26(29)23(17)22)36-35-14-4-3-5-27-10-14/h3-10,17,22-23,25,28H,11-12H2,1-2H3/t17-,22+,23-,25+/m0/s1. The molecule has 0 saturated carbocycles. The molecule has 2 aromatic carbocycles. The van der Waals surface area contributed by atoms with Gasteiger partial charge in [-0.2, -0.15) is 0 Å². The molecule has 1 saturated heterocycles. The molecule has 3 aromatic rings. The van der Waals surface area contributed by atoms with Gasteiger partial charge in [0.1, 0.15) is 0 Å². The van der Waals surface area contributed by atoms with Crippen molar-refractivity contribution in [2.45, 2.75) is 16.1 Å². The minimum absolute atomic E-state index is 0.0340. The highest BCUT2D eigenvalue weighted by Crippen LogP contribution is 2.61. The normalized spacial score (nSPS) is 23.6. The first kappa shape index (κ1) is 23.2. The highest BCUT2D eigenvalue weighted by molar-refractivity contribution is 8.76. The van der Waals surface area contributed by atoms with Crippen molar-refractivity contribution in [3.63, 3.8) is 0 Å². The Morgan fingerprint density at radius 3 is 2.42 bits per heavy atom. The molecule has 2 aliphatic heterocycles. The van der Waals surface area contributed by atoms with Crippen molar-refractivity contribution in [1.29, 1.82) is 0 Å². The number of benzene rings is 2. The summed E-state index contributed by atoms with van der Waals surface area (Å²) in [6, 6.07) is 11.4. The van der Waals surface area contributed by atoms with Crippen LogP contribution in [-0.4, -0.2) is 43.7 Å². The monoisotopic (exact) mass is 525 g/mol. The Kier molecular flexibility index (Phi) is 6.00. The molecule has 1 aromatic heterocycles. The van der Waals surface area contributed by atoms with E-state index in [4.69, 9.17) is 23.7 Å². The second-order valence-corrected chi connectivity index (χ2v) is 11.1. The lowest BCUT2D eigenvalue weighted by Crippen LogP contribution is -2.33. The molecule has 3 heterocycles. The van der Waals surface area contributed by atoms with Crippen molar-refractivity contribution >= 4 is 27.6 Å². The zero-order chi connectivity index (χ0) is 24.8. The van der Waals surface area contributed by atoms with Gasteiger partial charge in [0.15, 0.2) is 23.0 Å². The van der Waals surface area contributed by atoms with Gasteiger partial charge in [-0.1, -0.05) is 21.6 Å². The maximum Gasteiger partial charge on any atom is 0.310 e. The highest BCUT2D eigenvalue weighted by atomic mass is 33.1. The van der Waals surface area contributed by atoms with Gasteiger partial charge in [0.2, 0.25) is 12.5 Å². The molecule has 0 amide bonds. The smallest absolute Gasteiger partial charge is 0.310 e. The van der Waals surface area contributed by atoms with Crippen LogP contribution in [0.4, 0.5) is 0 Å². The zero-order valence-corrected chi connectivity index (χ0v) is 21.1. The van der Waals surface area contributed by atoms with Crippen LogP contribution in [0, 0.1) is 11.8 Å². The van der Waals surface area contributed by atoms with Crippen LogP contribution in [0.1, 0.15) is 27.9 Å². The van der Waals surface area contributed by atoms with E-state index in [1.807, 2.05) is 30.5 Å². The molecular formula is C26H23NO7S2. The molecule has 4 atom stereocenters. The number of hydrogen-bond donors (Lipinski definition) is 1. The minimum atomic E-state index is -0.427. The van der Waals surface area contributed by atoms with E-state index in [0.29, 0.717) is 18.1 Å². The number of hydrogen-bond acceptors (Lipinski definition) is 10. The van der Waals surface area contributed by atoms with Crippen LogP contribution >= 0.6 is 21.6 Å². The maximum atomic E-state index is 13.2. The summed E-state index contributed by atoms with van der Waals surface area (Å²) in [7, 11) is 6.29. The Bertz CT molecular complexity index is 1290. The number of methoxy groups -OCH3 is 2. The van der Waals surface area contributed by atoms with Crippen LogP contribution in [0.5, 0.6) is 28.7 Å². The topological polar surface area (TPSA) is 96.3 Å². The van der Waals surface area contributed by atoms with Crippen molar-refractivity contribution in [2.24, 2.45) is 11.8 Å². The lowest BCUT2D eigenvalue weighted by Gasteiger charge is -2.38. The number of pyridine rings is 1. The van der Waals surface area contributed by atoms with E-state index in [0.717, 1.165) is 21.6 Å². The molecule has 36 heavy (non-hydrogen) atoms. The molecule has 0 bridgehead atoms. The molecule has 1 fully saturated rings. The van der Waals surface area contributed by atoms with Gasteiger partial charge < -0.3 is 28.8 Å². The summed E-state index contributed by atoms with van der Waals surface area (Å²) >= 11 is 0. The van der Waals surface area contributed by atoms with Gasteiger partial charge in [-0.15, -0.1) is 0 Å². The third kappa shape index (κ3) is 3.79. The van der Waals surface area contributed by atoms with E-state index >= 15 is 0 Å². The van der Waals surface area contributed by atoms with E-state index in [1.165, 1.54) is 14.2 Å². The Hall–Kier alpha value is -3.24. The number of phenols is 1. The number of cyclic esters (lactones) is 1. The molecule has 186 valence electrons. The van der Waals surface area contributed by atoms with Gasteiger partial charge in [-0.3, -0.25) is 9.78 Å². The molecule has 1 N–H and O–H groups in total. The van der Waals surface area contributed by atoms with Gasteiger partial charge >= 0.3 is 5.97 Å². The number of aromatic hydroxyl groups is 1. The van der Waals surface area contributed by atoms with E-state index in [1.54, 1.807) is 39.9 Å². The third-order valence-electron chi connectivity index (χ3n) is 6.86. The molecule has 0 radical (unpaired) electrons. The number of carbonyl (C=O) groups excluding carboxylic acids is 1. The molecular weight excluding hydrogens is 502 g/mol. The summed E-state index contributed by atoms with van der Waals surface area (Å²) in [4.78, 5) is 18.5. The summed E-state index contributed by atoms with van der Waals surface area (Å²) in [5.41, 5.74) is 2.81. The number of nitrogens with zero attached hydrogens (tertiary/aromatic N) is 1. The second-order valence-electron chi connectivity index (χ2n) is 8.69. The number of esters is 1. The molecule has 8 nitrogen and oxygen atoms in total. The molecule has 3 aliphatic rings. The average Bonchev–Trinajstić information content (AvgIpc) is 3.52. The Morgan fingerprint density at radius 2 is 1.75 bits per heavy atom. The van der Waals surface area contributed by atoms with Crippen LogP contribution in [-0.2, 0) is 9.53 Å². The van der Waals surface area contributed by atoms with Gasteiger partial charge in [0.25, 0.3) is 0 Å². The quantitative estimate of drug-likeness (QED) is 0.352. The zero-order valence-electron chi connectivity index (χ0n) is 19.5. The van der Waals surface area contributed by atoms with Crippen LogP contribution in [0.15, 0.2) is 53.7 Å². The molecule has 0 spiro atoms. The second kappa shape index (κ2) is 9.33. The average molecular weight is 526 g/mol. The van der Waals surface area contributed by atoms with Crippen molar-refractivity contribution in [3.05, 3.63) is 65.5 Å². The molecule has 10 heteroatoms. The van der Waals surface area contributed by atoms with Crippen LogP contribution in [0.25, 0.3) is 0 Å². The van der Waals surface area contributed by atoms with E-state index in [2.05, 4.69) is 4.98 Å². The Morgan fingerprint density at radius 1 is 1.03 bits per heavy atom. The number of fused-ring (bicyclic) bond motifs is 3. The fraction of sp³-hybridized carbons (Fsp3) is 0.308. The molecule has 0 unspecified atom stereocenters. The van der Waals surface area contributed by atoms with Gasteiger partial charge in [0.05, 0.1) is 26.7 Å². The predicted octanol–water partition coefficient (Wildman–Crippen LogP) is 4.95. The van der Waals surface area contributed by atoms with Gasteiger partial charge in [-0.25, -0.2) is 0 Å². The van der Waals surface area contributed by atoms with E-state index in [-0.39, 0.29) is 47.1 Å². The van der Waals surface area contributed by atoms with Gasteiger partial charge in [-0.05, 0) is 53.1 Å². The first-order valence-electron chi connectivity index (χ1n) is 11.4. The van der Waals surface area contributed by atoms with Crippen LogP contribution in [0.3, 0.4) is 0 Å². The van der Waals surface area contributed by atoms with Crippen molar-refractivity contribution in [2.75, 3.05) is 27.6 Å². The number of rotatable bonds is 6. The molecule has 1 aliphatic carbocycles. The van der Waals surface area contributed by atoms with E-state index in [9.17, 15) is 9.90 Å². The van der Waals surface area contributed by atoms with Crippen molar-refractivity contribution in [3.8, 4) is 28.7 Å². The number of carbonyl (C=O) groups is 1. The van der Waals surface area contributed by atoms with Crippen molar-refractivity contribution in [1.82, 2.24) is 4.98 Å². The predicted molar refractivity (Wildman–Crippen MR) is 134 cm³/mol. The molecule has 6 rings (SSSR count). The number of ether oxygens (including phenoxy) is 5. The Balaban J connectivity index is 1.50.